The standard InChI is InChI=1S/C22H27N3O3S/c1-22(2,3)16-8-10-18(11-9-16)29(27,28)24-14-12-17(13-15-24)25-20-7-5-4-6-19(20)23-21(25)26/h4-11,17H,12-15H2,1-3H3,(H,23,26). The van der Waals surface area contributed by atoms with Gasteiger partial charge in [0.2, 0.25) is 10.0 Å². The van der Waals surface area contributed by atoms with Crippen molar-refractivity contribution in [3.8, 4) is 0 Å². The van der Waals surface area contributed by atoms with Crippen LogP contribution in [0.4, 0.5) is 0 Å². The molecular weight excluding hydrogens is 386 g/mol. The molecule has 0 atom stereocenters. The topological polar surface area (TPSA) is 75.2 Å². The lowest BCUT2D eigenvalue weighted by molar-refractivity contribution is 0.274. The quantitative estimate of drug-likeness (QED) is 0.712. The highest BCUT2D eigenvalue weighted by Gasteiger charge is 2.31. The molecule has 1 saturated heterocycles. The summed E-state index contributed by atoms with van der Waals surface area (Å²) in [6, 6.07) is 14.8. The molecular formula is C22H27N3O3S. The Morgan fingerprint density at radius 1 is 0.966 bits per heavy atom. The number of aromatic nitrogens is 2. The monoisotopic (exact) mass is 413 g/mol. The average Bonchev–Trinajstić information content (AvgIpc) is 3.03. The molecule has 3 aromatic rings. The zero-order valence-electron chi connectivity index (χ0n) is 17.1. The third-order valence-electron chi connectivity index (χ3n) is 5.77. The van der Waals surface area contributed by atoms with Gasteiger partial charge in [-0.15, -0.1) is 0 Å². The van der Waals surface area contributed by atoms with Gasteiger partial charge < -0.3 is 4.98 Å². The second-order valence-corrected chi connectivity index (χ2v) is 10.7. The summed E-state index contributed by atoms with van der Waals surface area (Å²) < 4.78 is 29.5. The molecule has 29 heavy (non-hydrogen) atoms. The van der Waals surface area contributed by atoms with Gasteiger partial charge in [0.25, 0.3) is 0 Å². The molecule has 0 amide bonds. The zero-order chi connectivity index (χ0) is 20.8. The molecule has 0 saturated carbocycles. The fraction of sp³-hybridized carbons (Fsp3) is 0.409. The minimum absolute atomic E-state index is 0.00614. The SMILES string of the molecule is CC(C)(C)c1ccc(S(=O)(=O)N2CCC(n3c(=O)[nH]c4ccccc43)CC2)cc1. The summed E-state index contributed by atoms with van der Waals surface area (Å²) in [5.41, 5.74) is 2.63. The van der Waals surface area contributed by atoms with Crippen LogP contribution in [0.1, 0.15) is 45.2 Å². The zero-order valence-corrected chi connectivity index (χ0v) is 17.9. The Kier molecular flexibility index (Phi) is 4.91. The van der Waals surface area contributed by atoms with E-state index in [-0.39, 0.29) is 17.1 Å². The fourth-order valence-electron chi connectivity index (χ4n) is 4.05. The Labute approximate surface area is 171 Å². The largest absolute Gasteiger partial charge is 0.326 e. The number of rotatable bonds is 3. The molecule has 2 heterocycles. The minimum Gasteiger partial charge on any atom is -0.306 e. The van der Waals surface area contributed by atoms with Crippen LogP contribution >= 0.6 is 0 Å². The van der Waals surface area contributed by atoms with Gasteiger partial charge in [-0.1, -0.05) is 45.0 Å². The number of fused-ring (bicyclic) bond motifs is 1. The molecule has 6 nitrogen and oxygen atoms in total. The summed E-state index contributed by atoms with van der Waals surface area (Å²) in [5, 5.41) is 0. The van der Waals surface area contributed by atoms with Crippen LogP contribution in [-0.2, 0) is 15.4 Å². The highest BCUT2D eigenvalue weighted by atomic mass is 32.2. The lowest BCUT2D eigenvalue weighted by Crippen LogP contribution is -2.40. The van der Waals surface area contributed by atoms with Crippen LogP contribution in [0, 0.1) is 0 Å². The number of piperidine rings is 1. The molecule has 0 bridgehead atoms. The van der Waals surface area contributed by atoms with Crippen LogP contribution in [0.3, 0.4) is 0 Å². The number of benzene rings is 2. The van der Waals surface area contributed by atoms with E-state index in [1.54, 1.807) is 16.7 Å². The van der Waals surface area contributed by atoms with E-state index in [4.69, 9.17) is 0 Å². The molecule has 1 aliphatic heterocycles. The predicted octanol–water partition coefficient (Wildman–Crippen LogP) is 3.65. The summed E-state index contributed by atoms with van der Waals surface area (Å²) in [5.74, 6) is 0. The van der Waals surface area contributed by atoms with E-state index >= 15 is 0 Å². The number of imidazole rings is 1. The number of hydrogen-bond donors (Lipinski definition) is 1. The third-order valence-corrected chi connectivity index (χ3v) is 7.68. The number of hydrogen-bond acceptors (Lipinski definition) is 3. The van der Waals surface area contributed by atoms with Crippen LogP contribution in [-0.4, -0.2) is 35.4 Å². The van der Waals surface area contributed by atoms with E-state index in [2.05, 4.69) is 25.8 Å². The maximum absolute atomic E-state index is 13.1. The number of aromatic amines is 1. The summed E-state index contributed by atoms with van der Waals surface area (Å²) in [7, 11) is -3.53. The molecule has 0 radical (unpaired) electrons. The van der Waals surface area contributed by atoms with Crippen molar-refractivity contribution >= 4 is 21.1 Å². The van der Waals surface area contributed by atoms with Crippen molar-refractivity contribution in [2.24, 2.45) is 0 Å². The summed E-state index contributed by atoms with van der Waals surface area (Å²) in [6.45, 7) is 7.12. The second-order valence-electron chi connectivity index (χ2n) is 8.73. The number of sulfonamides is 1. The number of para-hydroxylation sites is 2. The van der Waals surface area contributed by atoms with Gasteiger partial charge in [0.05, 0.1) is 15.9 Å². The van der Waals surface area contributed by atoms with Crippen molar-refractivity contribution < 1.29 is 8.42 Å². The highest BCUT2D eigenvalue weighted by Crippen LogP contribution is 2.29. The van der Waals surface area contributed by atoms with E-state index in [0.29, 0.717) is 30.8 Å². The molecule has 1 fully saturated rings. The normalized spacial score (nSPS) is 17.1. The van der Waals surface area contributed by atoms with Crippen LogP contribution in [0.5, 0.6) is 0 Å². The van der Waals surface area contributed by atoms with E-state index in [1.165, 1.54) is 4.31 Å². The number of nitrogens with one attached hydrogen (secondary N) is 1. The Hall–Kier alpha value is -2.38. The van der Waals surface area contributed by atoms with E-state index < -0.39 is 10.0 Å². The van der Waals surface area contributed by atoms with Crippen molar-refractivity contribution in [1.82, 2.24) is 13.9 Å². The molecule has 1 aliphatic rings. The smallest absolute Gasteiger partial charge is 0.306 e. The molecule has 0 spiro atoms. The van der Waals surface area contributed by atoms with Gasteiger partial charge in [-0.3, -0.25) is 4.57 Å². The van der Waals surface area contributed by atoms with Gasteiger partial charge in [-0.2, -0.15) is 4.31 Å². The van der Waals surface area contributed by atoms with Gasteiger partial charge in [-0.05, 0) is 48.1 Å². The molecule has 0 unspecified atom stereocenters. The van der Waals surface area contributed by atoms with Crippen molar-refractivity contribution in [3.05, 3.63) is 64.6 Å². The van der Waals surface area contributed by atoms with Gasteiger partial charge in [0.1, 0.15) is 0 Å². The van der Waals surface area contributed by atoms with Gasteiger partial charge >= 0.3 is 5.69 Å². The van der Waals surface area contributed by atoms with E-state index in [9.17, 15) is 13.2 Å². The molecule has 0 aliphatic carbocycles. The summed E-state index contributed by atoms with van der Waals surface area (Å²) in [4.78, 5) is 15.6. The lowest BCUT2D eigenvalue weighted by Gasteiger charge is -2.32. The van der Waals surface area contributed by atoms with E-state index in [0.717, 1.165) is 16.6 Å². The highest BCUT2D eigenvalue weighted by molar-refractivity contribution is 7.89. The number of H-pyrrole nitrogens is 1. The Morgan fingerprint density at radius 2 is 1.59 bits per heavy atom. The lowest BCUT2D eigenvalue weighted by atomic mass is 9.87. The van der Waals surface area contributed by atoms with Crippen LogP contribution < -0.4 is 5.69 Å². The van der Waals surface area contributed by atoms with Crippen molar-refractivity contribution in [2.75, 3.05) is 13.1 Å². The van der Waals surface area contributed by atoms with Gasteiger partial charge in [0.15, 0.2) is 0 Å². The maximum atomic E-state index is 13.1. The van der Waals surface area contributed by atoms with Crippen LogP contribution in [0.2, 0.25) is 0 Å². The fourth-order valence-corrected chi connectivity index (χ4v) is 5.52. The number of nitrogens with zero attached hydrogens (tertiary/aromatic N) is 2. The molecule has 1 N–H and O–H groups in total. The van der Waals surface area contributed by atoms with Gasteiger partial charge in [0, 0.05) is 19.1 Å². The van der Waals surface area contributed by atoms with Gasteiger partial charge in [-0.25, -0.2) is 13.2 Å². The molecule has 4 rings (SSSR count). The first-order chi connectivity index (χ1) is 13.7. The molecule has 154 valence electrons. The molecule has 7 heteroatoms. The van der Waals surface area contributed by atoms with Crippen LogP contribution in [0.15, 0.2) is 58.2 Å². The summed E-state index contributed by atoms with van der Waals surface area (Å²) in [6.07, 6.45) is 1.22. The second kappa shape index (κ2) is 7.15. The first-order valence-corrected chi connectivity index (χ1v) is 11.4. The Balaban J connectivity index is 1.53. The minimum atomic E-state index is -3.53. The van der Waals surface area contributed by atoms with E-state index in [1.807, 2.05) is 36.4 Å². The summed E-state index contributed by atoms with van der Waals surface area (Å²) >= 11 is 0. The third kappa shape index (κ3) is 3.65. The van der Waals surface area contributed by atoms with Crippen molar-refractivity contribution in [2.45, 2.75) is 50.0 Å². The Bertz CT molecular complexity index is 1180. The Morgan fingerprint density at radius 3 is 2.21 bits per heavy atom. The predicted molar refractivity (Wildman–Crippen MR) is 115 cm³/mol. The average molecular weight is 414 g/mol. The first kappa shape index (κ1) is 19.9. The van der Waals surface area contributed by atoms with Crippen molar-refractivity contribution in [1.29, 1.82) is 0 Å². The molecule has 1 aromatic heterocycles. The molecule has 2 aromatic carbocycles. The first-order valence-electron chi connectivity index (χ1n) is 9.98. The van der Waals surface area contributed by atoms with Crippen LogP contribution in [0.25, 0.3) is 11.0 Å². The van der Waals surface area contributed by atoms with Crippen molar-refractivity contribution in [3.63, 3.8) is 0 Å². The maximum Gasteiger partial charge on any atom is 0.326 e.